The first-order chi connectivity index (χ1) is 11.0. The Labute approximate surface area is 145 Å². The summed E-state index contributed by atoms with van der Waals surface area (Å²) in [4.78, 5) is 12.5. The van der Waals surface area contributed by atoms with Gasteiger partial charge in [-0.3, -0.25) is 4.79 Å². The van der Waals surface area contributed by atoms with Crippen molar-refractivity contribution >= 4 is 29.0 Å². The van der Waals surface area contributed by atoms with Gasteiger partial charge in [-0.05, 0) is 36.3 Å². The molecule has 6 heteroatoms. The molecule has 0 radical (unpaired) electrons. The predicted octanol–water partition coefficient (Wildman–Crippen LogP) is 3.95. The molecular weight excluding hydrogens is 326 g/mol. The number of nitrogens with one attached hydrogen (secondary N) is 1. The minimum atomic E-state index is -0.176. The van der Waals surface area contributed by atoms with Crippen LogP contribution in [-0.4, -0.2) is 21.4 Å². The lowest BCUT2D eigenvalue weighted by molar-refractivity contribution is -0.121. The standard InChI is InChI=1S/C17H21N3OS2/c1-11(23-16-20-18-10-22-16)15(21)19-14-8-9-17(2,3)13-7-5-4-6-12(13)14/h4-7,10-11,14H,8-9H2,1-3H3,(H,19,21)/t11-,14-/m1/s1. The molecule has 1 aliphatic rings. The van der Waals surface area contributed by atoms with E-state index in [4.69, 9.17) is 0 Å². The van der Waals surface area contributed by atoms with Gasteiger partial charge in [0.15, 0.2) is 4.34 Å². The topological polar surface area (TPSA) is 54.9 Å². The van der Waals surface area contributed by atoms with Gasteiger partial charge in [0, 0.05) is 0 Å². The van der Waals surface area contributed by atoms with E-state index in [1.54, 1.807) is 5.51 Å². The first-order valence-corrected chi connectivity index (χ1v) is 9.56. The number of nitrogens with zero attached hydrogens (tertiary/aromatic N) is 2. The van der Waals surface area contributed by atoms with E-state index in [0.717, 1.165) is 17.2 Å². The largest absolute Gasteiger partial charge is 0.348 e. The number of rotatable bonds is 4. The molecule has 0 spiro atoms. The molecule has 1 heterocycles. The van der Waals surface area contributed by atoms with Gasteiger partial charge in [0.05, 0.1) is 11.3 Å². The van der Waals surface area contributed by atoms with Gasteiger partial charge in [-0.15, -0.1) is 10.2 Å². The van der Waals surface area contributed by atoms with Crippen LogP contribution in [0.15, 0.2) is 34.1 Å². The highest BCUT2D eigenvalue weighted by molar-refractivity contribution is 8.02. The van der Waals surface area contributed by atoms with Crippen LogP contribution in [0.2, 0.25) is 0 Å². The molecule has 1 aromatic heterocycles. The highest BCUT2D eigenvalue weighted by Crippen LogP contribution is 2.41. The minimum absolute atomic E-state index is 0.0599. The second-order valence-corrected chi connectivity index (χ2v) is 8.96. The number of carbonyl (C=O) groups is 1. The molecule has 1 aromatic carbocycles. The molecule has 2 atom stereocenters. The van der Waals surface area contributed by atoms with Crippen molar-refractivity contribution < 1.29 is 4.79 Å². The Morgan fingerprint density at radius 2 is 2.22 bits per heavy atom. The third-order valence-electron chi connectivity index (χ3n) is 4.43. The van der Waals surface area contributed by atoms with Crippen molar-refractivity contribution in [3.63, 3.8) is 0 Å². The molecule has 23 heavy (non-hydrogen) atoms. The zero-order valence-electron chi connectivity index (χ0n) is 13.6. The number of amides is 1. The summed E-state index contributed by atoms with van der Waals surface area (Å²) in [6.45, 7) is 6.47. The van der Waals surface area contributed by atoms with Gasteiger partial charge in [0.2, 0.25) is 5.91 Å². The summed E-state index contributed by atoms with van der Waals surface area (Å²) < 4.78 is 0.831. The number of hydrogen-bond donors (Lipinski definition) is 1. The monoisotopic (exact) mass is 347 g/mol. The fourth-order valence-electron chi connectivity index (χ4n) is 3.07. The lowest BCUT2D eigenvalue weighted by Crippen LogP contribution is -2.38. The van der Waals surface area contributed by atoms with Crippen LogP contribution >= 0.6 is 23.1 Å². The van der Waals surface area contributed by atoms with Gasteiger partial charge in [0.1, 0.15) is 5.51 Å². The molecule has 0 unspecified atom stereocenters. The average Bonchev–Trinajstić information content (AvgIpc) is 3.03. The summed E-state index contributed by atoms with van der Waals surface area (Å²) in [5.74, 6) is 0.0599. The molecule has 0 bridgehead atoms. The predicted molar refractivity (Wildman–Crippen MR) is 94.8 cm³/mol. The Hall–Kier alpha value is -1.40. The van der Waals surface area contributed by atoms with Crippen LogP contribution in [0.1, 0.15) is 50.8 Å². The van der Waals surface area contributed by atoms with Crippen LogP contribution < -0.4 is 5.32 Å². The maximum atomic E-state index is 12.5. The molecule has 1 aliphatic carbocycles. The van der Waals surface area contributed by atoms with E-state index in [1.807, 2.05) is 6.92 Å². The summed E-state index contributed by atoms with van der Waals surface area (Å²) in [7, 11) is 0. The molecule has 3 rings (SSSR count). The number of hydrogen-bond acceptors (Lipinski definition) is 5. The Morgan fingerprint density at radius 1 is 1.43 bits per heavy atom. The van der Waals surface area contributed by atoms with E-state index in [2.05, 4.69) is 53.6 Å². The minimum Gasteiger partial charge on any atom is -0.348 e. The third-order valence-corrected chi connectivity index (χ3v) is 6.34. The van der Waals surface area contributed by atoms with Crippen molar-refractivity contribution in [2.45, 2.75) is 54.7 Å². The van der Waals surface area contributed by atoms with Crippen molar-refractivity contribution in [3.8, 4) is 0 Å². The average molecular weight is 348 g/mol. The van der Waals surface area contributed by atoms with Crippen molar-refractivity contribution in [3.05, 3.63) is 40.9 Å². The van der Waals surface area contributed by atoms with Crippen LogP contribution in [0.5, 0.6) is 0 Å². The van der Waals surface area contributed by atoms with Gasteiger partial charge in [-0.2, -0.15) is 0 Å². The van der Waals surface area contributed by atoms with E-state index in [-0.39, 0.29) is 22.6 Å². The Kier molecular flexibility index (Phi) is 4.73. The van der Waals surface area contributed by atoms with Crippen molar-refractivity contribution in [2.75, 3.05) is 0 Å². The molecule has 4 nitrogen and oxygen atoms in total. The lowest BCUT2D eigenvalue weighted by Gasteiger charge is -2.37. The Bertz CT molecular complexity index is 685. The molecular formula is C17H21N3OS2. The van der Waals surface area contributed by atoms with E-state index in [9.17, 15) is 4.79 Å². The number of aromatic nitrogens is 2. The number of carbonyl (C=O) groups excluding carboxylic acids is 1. The molecule has 0 saturated heterocycles. The number of benzene rings is 1. The third kappa shape index (κ3) is 3.58. The molecule has 1 amide bonds. The summed E-state index contributed by atoms with van der Waals surface area (Å²) >= 11 is 2.92. The van der Waals surface area contributed by atoms with Gasteiger partial charge >= 0.3 is 0 Å². The quantitative estimate of drug-likeness (QED) is 0.851. The van der Waals surface area contributed by atoms with E-state index >= 15 is 0 Å². The van der Waals surface area contributed by atoms with E-state index < -0.39 is 0 Å². The number of thioether (sulfide) groups is 1. The Balaban J connectivity index is 1.72. The first kappa shape index (κ1) is 16.5. The molecule has 122 valence electrons. The van der Waals surface area contributed by atoms with Crippen LogP contribution in [0.3, 0.4) is 0 Å². The second-order valence-electron chi connectivity index (χ2n) is 6.54. The SMILES string of the molecule is C[C@@H](Sc1nncs1)C(=O)N[C@@H]1CCC(C)(C)c2ccccc21. The zero-order chi connectivity index (χ0) is 16.4. The van der Waals surface area contributed by atoms with Crippen LogP contribution in [0, 0.1) is 0 Å². The van der Waals surface area contributed by atoms with E-state index in [0.29, 0.717) is 0 Å². The van der Waals surface area contributed by atoms with Gasteiger partial charge in [0.25, 0.3) is 0 Å². The highest BCUT2D eigenvalue weighted by Gasteiger charge is 2.33. The smallest absolute Gasteiger partial charge is 0.233 e. The lowest BCUT2D eigenvalue weighted by atomic mass is 9.71. The molecule has 0 aliphatic heterocycles. The summed E-state index contributed by atoms with van der Waals surface area (Å²) in [5, 5.41) is 10.8. The fourth-order valence-corrected chi connectivity index (χ4v) is 4.71. The highest BCUT2D eigenvalue weighted by atomic mass is 32.2. The summed E-state index contributed by atoms with van der Waals surface area (Å²) in [5.41, 5.74) is 4.46. The van der Waals surface area contributed by atoms with E-state index in [1.165, 1.54) is 34.2 Å². The number of fused-ring (bicyclic) bond motifs is 1. The summed E-state index contributed by atoms with van der Waals surface area (Å²) in [6.07, 6.45) is 2.05. The van der Waals surface area contributed by atoms with Gasteiger partial charge in [-0.1, -0.05) is 61.2 Å². The van der Waals surface area contributed by atoms with Crippen LogP contribution in [0.25, 0.3) is 0 Å². The second kappa shape index (κ2) is 6.61. The van der Waals surface area contributed by atoms with Crippen LogP contribution in [0.4, 0.5) is 0 Å². The zero-order valence-corrected chi connectivity index (χ0v) is 15.2. The van der Waals surface area contributed by atoms with Crippen molar-refractivity contribution in [2.24, 2.45) is 0 Å². The van der Waals surface area contributed by atoms with Crippen LogP contribution in [-0.2, 0) is 10.2 Å². The Morgan fingerprint density at radius 3 is 2.96 bits per heavy atom. The maximum absolute atomic E-state index is 12.5. The fraction of sp³-hybridized carbons (Fsp3) is 0.471. The molecule has 0 fully saturated rings. The molecule has 0 saturated carbocycles. The summed E-state index contributed by atoms with van der Waals surface area (Å²) in [6, 6.07) is 8.57. The van der Waals surface area contributed by atoms with Gasteiger partial charge in [-0.25, -0.2) is 0 Å². The first-order valence-electron chi connectivity index (χ1n) is 7.80. The van der Waals surface area contributed by atoms with Crippen molar-refractivity contribution in [1.82, 2.24) is 15.5 Å². The van der Waals surface area contributed by atoms with Gasteiger partial charge < -0.3 is 5.32 Å². The molecule has 1 N–H and O–H groups in total. The maximum Gasteiger partial charge on any atom is 0.233 e. The van der Waals surface area contributed by atoms with Crippen molar-refractivity contribution in [1.29, 1.82) is 0 Å². The normalized spacial score (nSPS) is 20.6. The molecule has 2 aromatic rings.